The molecule has 9 heteroatoms. The van der Waals surface area contributed by atoms with Gasteiger partial charge in [-0.25, -0.2) is 18.1 Å². The van der Waals surface area contributed by atoms with Crippen molar-refractivity contribution in [2.24, 2.45) is 0 Å². The fourth-order valence-electron chi connectivity index (χ4n) is 2.67. The van der Waals surface area contributed by atoms with Crippen molar-refractivity contribution in [1.29, 1.82) is 0 Å². The molecule has 0 fully saturated rings. The second-order valence-corrected chi connectivity index (χ2v) is 8.88. The van der Waals surface area contributed by atoms with Crippen LogP contribution in [-0.2, 0) is 22.3 Å². The van der Waals surface area contributed by atoms with E-state index in [2.05, 4.69) is 14.8 Å². The van der Waals surface area contributed by atoms with Gasteiger partial charge in [0.2, 0.25) is 15.0 Å². The van der Waals surface area contributed by atoms with E-state index in [0.717, 1.165) is 5.56 Å². The molecule has 2 aromatic carbocycles. The maximum absolute atomic E-state index is 12.3. The first-order valence-electron chi connectivity index (χ1n) is 8.47. The predicted octanol–water partition coefficient (Wildman–Crippen LogP) is 2.44. The molecule has 0 aliphatic heterocycles. The molecule has 2 aromatic heterocycles. The third-order valence-corrected chi connectivity index (χ3v) is 6.25. The van der Waals surface area contributed by atoms with Crippen LogP contribution in [0.2, 0.25) is 0 Å². The van der Waals surface area contributed by atoms with Crippen LogP contribution in [0.15, 0.2) is 71.5 Å². The van der Waals surface area contributed by atoms with E-state index in [1.807, 2.05) is 36.4 Å². The molecule has 0 spiro atoms. The summed E-state index contributed by atoms with van der Waals surface area (Å²) in [6.07, 6.45) is 0. The van der Waals surface area contributed by atoms with Crippen LogP contribution in [0.5, 0.6) is 0 Å². The smallest absolute Gasteiger partial charge is 0.267 e. The van der Waals surface area contributed by atoms with Crippen molar-refractivity contribution >= 4 is 26.3 Å². The molecule has 0 aliphatic carbocycles. The minimum absolute atomic E-state index is 0.0561. The summed E-state index contributed by atoms with van der Waals surface area (Å²) in [6.45, 7) is -0.0561. The molecule has 4 rings (SSSR count). The molecule has 0 saturated heterocycles. The highest BCUT2D eigenvalue weighted by molar-refractivity contribution is 7.88. The van der Waals surface area contributed by atoms with Gasteiger partial charge in [-0.05, 0) is 5.56 Å². The number of hydrogen-bond donors (Lipinski definition) is 1. The van der Waals surface area contributed by atoms with Gasteiger partial charge in [0.25, 0.3) is 5.56 Å². The summed E-state index contributed by atoms with van der Waals surface area (Å²) in [5.41, 5.74) is 1.58. The number of hydrogen-bond acceptors (Lipinski definition) is 6. The lowest BCUT2D eigenvalue weighted by atomic mass is 10.2. The summed E-state index contributed by atoms with van der Waals surface area (Å²) in [5.74, 6) is -0.131. The van der Waals surface area contributed by atoms with Crippen molar-refractivity contribution in [3.05, 3.63) is 88.3 Å². The molecule has 4 aromatic rings. The Kier molecular flexibility index (Phi) is 5.03. The molecule has 0 unspecified atom stereocenters. The van der Waals surface area contributed by atoms with E-state index in [1.54, 1.807) is 24.3 Å². The topological polar surface area (TPSA) is 93.4 Å². The quantitative estimate of drug-likeness (QED) is 0.525. The maximum atomic E-state index is 12.3. The first-order valence-corrected chi connectivity index (χ1v) is 10.9. The number of sulfonamides is 1. The normalized spacial score (nSPS) is 11.7. The van der Waals surface area contributed by atoms with Gasteiger partial charge in [0.05, 0.1) is 18.0 Å². The number of aromatic nitrogens is 3. The van der Waals surface area contributed by atoms with Crippen LogP contribution in [0.4, 0.5) is 0 Å². The van der Waals surface area contributed by atoms with Crippen molar-refractivity contribution in [3.63, 3.8) is 0 Å². The van der Waals surface area contributed by atoms with Gasteiger partial charge in [-0.2, -0.15) is 9.61 Å². The molecule has 142 valence electrons. The monoisotopic (exact) mass is 412 g/mol. The Morgan fingerprint density at radius 2 is 1.68 bits per heavy atom. The predicted molar refractivity (Wildman–Crippen MR) is 108 cm³/mol. The Hall–Kier alpha value is -2.88. The molecule has 0 saturated carbocycles. The zero-order valence-electron chi connectivity index (χ0n) is 14.6. The molecular formula is C19H16N4O3S2. The zero-order chi connectivity index (χ0) is 19.6. The fourth-order valence-corrected chi connectivity index (χ4v) is 4.70. The lowest BCUT2D eigenvalue weighted by molar-refractivity contribution is 0.579. The molecule has 0 aliphatic rings. The Morgan fingerprint density at radius 3 is 2.39 bits per heavy atom. The highest BCUT2D eigenvalue weighted by atomic mass is 32.2. The third kappa shape index (κ3) is 4.16. The molecule has 7 nitrogen and oxygen atoms in total. The van der Waals surface area contributed by atoms with Gasteiger partial charge in [0.1, 0.15) is 5.01 Å². The van der Waals surface area contributed by atoms with E-state index in [1.165, 1.54) is 21.9 Å². The molecule has 1 N–H and O–H groups in total. The maximum Gasteiger partial charge on any atom is 0.275 e. The number of rotatable bonds is 6. The van der Waals surface area contributed by atoms with Crippen molar-refractivity contribution in [1.82, 2.24) is 19.3 Å². The average Bonchev–Trinajstić information content (AvgIpc) is 3.13. The largest absolute Gasteiger partial charge is 0.275 e. The first kappa shape index (κ1) is 18.5. The van der Waals surface area contributed by atoms with Crippen LogP contribution in [-0.4, -0.2) is 23.0 Å². The van der Waals surface area contributed by atoms with E-state index >= 15 is 0 Å². The van der Waals surface area contributed by atoms with Crippen molar-refractivity contribution < 1.29 is 8.42 Å². The van der Waals surface area contributed by atoms with E-state index in [-0.39, 0.29) is 17.9 Å². The third-order valence-electron chi connectivity index (χ3n) is 3.99. The molecule has 0 amide bonds. The van der Waals surface area contributed by atoms with Crippen LogP contribution in [0.1, 0.15) is 11.3 Å². The van der Waals surface area contributed by atoms with E-state index in [4.69, 9.17) is 0 Å². The van der Waals surface area contributed by atoms with Gasteiger partial charge >= 0.3 is 0 Å². The van der Waals surface area contributed by atoms with Crippen LogP contribution >= 0.6 is 11.3 Å². The fraction of sp³-hybridized carbons (Fsp3) is 0.105. The summed E-state index contributed by atoms with van der Waals surface area (Å²) < 4.78 is 28.3. The van der Waals surface area contributed by atoms with Crippen molar-refractivity contribution in [3.8, 4) is 10.6 Å². The number of benzene rings is 2. The Labute approximate surface area is 165 Å². The number of nitrogens with one attached hydrogen (secondary N) is 1. The molecule has 28 heavy (non-hydrogen) atoms. The lowest BCUT2D eigenvalue weighted by Crippen LogP contribution is -2.26. The van der Waals surface area contributed by atoms with Crippen molar-refractivity contribution in [2.75, 3.05) is 0 Å². The highest BCUT2D eigenvalue weighted by Gasteiger charge is 2.14. The van der Waals surface area contributed by atoms with Gasteiger partial charge in [-0.15, -0.1) is 0 Å². The standard InChI is InChI=1S/C19H16N4O3S2/c24-17-11-16(12-20-28(25,26)13-14-7-3-1-4-8-14)21-19-23(17)22-18(27-19)15-9-5-2-6-10-15/h1-11,20H,12-13H2. The second-order valence-electron chi connectivity index (χ2n) is 6.12. The average molecular weight is 412 g/mol. The summed E-state index contributed by atoms with van der Waals surface area (Å²) in [5, 5.41) is 4.98. The van der Waals surface area contributed by atoms with Crippen LogP contribution in [0, 0.1) is 0 Å². The van der Waals surface area contributed by atoms with Crippen LogP contribution < -0.4 is 10.3 Å². The Balaban J connectivity index is 1.55. The molecular weight excluding hydrogens is 396 g/mol. The zero-order valence-corrected chi connectivity index (χ0v) is 16.3. The summed E-state index contributed by atoms with van der Waals surface area (Å²) in [7, 11) is -3.55. The first-order chi connectivity index (χ1) is 13.5. The van der Waals surface area contributed by atoms with Gasteiger partial charge in [0.15, 0.2) is 0 Å². The SMILES string of the molecule is O=c1cc(CNS(=O)(=O)Cc2ccccc2)nc2sc(-c3ccccc3)nn12. The number of fused-ring (bicyclic) bond motifs is 1. The Bertz CT molecular complexity index is 1270. The summed E-state index contributed by atoms with van der Waals surface area (Å²) in [6, 6.07) is 19.7. The molecule has 0 atom stereocenters. The minimum Gasteiger partial charge on any atom is -0.267 e. The van der Waals surface area contributed by atoms with Gasteiger partial charge in [0, 0.05) is 11.6 Å². The highest BCUT2D eigenvalue weighted by Crippen LogP contribution is 2.23. The van der Waals surface area contributed by atoms with E-state index in [9.17, 15) is 13.2 Å². The minimum atomic E-state index is -3.55. The molecule has 0 radical (unpaired) electrons. The summed E-state index contributed by atoms with van der Waals surface area (Å²) >= 11 is 1.28. The molecule has 2 heterocycles. The van der Waals surface area contributed by atoms with Crippen LogP contribution in [0.25, 0.3) is 15.5 Å². The van der Waals surface area contributed by atoms with Gasteiger partial charge in [-0.3, -0.25) is 4.79 Å². The van der Waals surface area contributed by atoms with E-state index < -0.39 is 10.0 Å². The van der Waals surface area contributed by atoms with Gasteiger partial charge < -0.3 is 0 Å². The molecule has 0 bridgehead atoms. The van der Waals surface area contributed by atoms with E-state index in [0.29, 0.717) is 21.2 Å². The van der Waals surface area contributed by atoms with Crippen molar-refractivity contribution in [2.45, 2.75) is 12.3 Å². The summed E-state index contributed by atoms with van der Waals surface area (Å²) in [4.78, 5) is 17.2. The lowest BCUT2D eigenvalue weighted by Gasteiger charge is -2.06. The van der Waals surface area contributed by atoms with Crippen LogP contribution in [0.3, 0.4) is 0 Å². The van der Waals surface area contributed by atoms with Gasteiger partial charge in [-0.1, -0.05) is 72.0 Å². The number of nitrogens with zero attached hydrogens (tertiary/aromatic N) is 3. The second kappa shape index (κ2) is 7.63. The Morgan fingerprint density at radius 1 is 1.00 bits per heavy atom.